The Morgan fingerprint density at radius 1 is 1.32 bits per heavy atom. The fourth-order valence-corrected chi connectivity index (χ4v) is 2.43. The van der Waals surface area contributed by atoms with Crippen LogP contribution in [-0.2, 0) is 16.1 Å². The first-order valence-corrected chi connectivity index (χ1v) is 6.78. The summed E-state index contributed by atoms with van der Waals surface area (Å²) in [5.74, 6) is -0.0813. The molecule has 1 fully saturated rings. The van der Waals surface area contributed by atoms with Gasteiger partial charge in [0.05, 0.1) is 12.8 Å². The third kappa shape index (κ3) is 3.84. The predicted molar refractivity (Wildman–Crippen MR) is 70.1 cm³/mol. The summed E-state index contributed by atoms with van der Waals surface area (Å²) < 4.78 is 5.08. The molecule has 5 nitrogen and oxygen atoms in total. The average molecular weight is 264 g/mol. The Labute approximate surface area is 112 Å². The summed E-state index contributed by atoms with van der Waals surface area (Å²) in [5.41, 5.74) is 0. The van der Waals surface area contributed by atoms with E-state index in [1.807, 2.05) is 0 Å². The van der Waals surface area contributed by atoms with Crippen LogP contribution in [0.4, 0.5) is 0 Å². The molecule has 1 saturated carbocycles. The summed E-state index contributed by atoms with van der Waals surface area (Å²) in [5, 5.41) is 5.36. The predicted octanol–water partition coefficient (Wildman–Crippen LogP) is 1.59. The van der Waals surface area contributed by atoms with Gasteiger partial charge in [-0.05, 0) is 30.9 Å². The lowest BCUT2D eigenvalue weighted by Crippen LogP contribution is -2.47. The van der Waals surface area contributed by atoms with Crippen molar-refractivity contribution in [2.24, 2.45) is 5.92 Å². The first-order valence-electron chi connectivity index (χ1n) is 6.78. The van der Waals surface area contributed by atoms with Gasteiger partial charge in [0.2, 0.25) is 0 Å². The van der Waals surface area contributed by atoms with Crippen LogP contribution in [0.25, 0.3) is 0 Å². The van der Waals surface area contributed by atoms with Gasteiger partial charge in [0, 0.05) is 6.04 Å². The highest BCUT2D eigenvalue weighted by Gasteiger charge is 2.25. The van der Waals surface area contributed by atoms with Gasteiger partial charge in [0.1, 0.15) is 5.76 Å². The molecule has 1 aliphatic rings. The Hall–Kier alpha value is -1.78. The van der Waals surface area contributed by atoms with E-state index in [0.29, 0.717) is 11.7 Å². The number of carbonyl (C=O) groups is 2. The molecular formula is C14H20N2O3. The van der Waals surface area contributed by atoms with E-state index in [0.717, 1.165) is 19.3 Å². The molecule has 0 unspecified atom stereocenters. The summed E-state index contributed by atoms with van der Waals surface area (Å²) in [4.78, 5) is 23.4. The van der Waals surface area contributed by atoms with E-state index < -0.39 is 11.8 Å². The van der Waals surface area contributed by atoms with Gasteiger partial charge in [-0.2, -0.15) is 0 Å². The molecule has 5 heteroatoms. The standard InChI is InChI=1S/C14H20N2O3/c1-10-5-2-3-7-12(10)16-14(18)13(17)15-9-11-6-4-8-19-11/h4,6,8,10,12H,2-3,5,7,9H2,1H3,(H,15,17)(H,16,18)/t10-,12-/m0/s1. The average Bonchev–Trinajstić information content (AvgIpc) is 2.91. The summed E-state index contributed by atoms with van der Waals surface area (Å²) in [6.07, 6.45) is 5.92. The monoisotopic (exact) mass is 264 g/mol. The maximum atomic E-state index is 11.8. The van der Waals surface area contributed by atoms with Crippen molar-refractivity contribution in [1.82, 2.24) is 10.6 Å². The Morgan fingerprint density at radius 3 is 2.79 bits per heavy atom. The van der Waals surface area contributed by atoms with Crippen LogP contribution in [0.2, 0.25) is 0 Å². The molecule has 1 aromatic rings. The molecule has 0 radical (unpaired) electrons. The van der Waals surface area contributed by atoms with Crippen LogP contribution in [0.3, 0.4) is 0 Å². The van der Waals surface area contributed by atoms with Gasteiger partial charge >= 0.3 is 11.8 Å². The molecule has 0 spiro atoms. The summed E-state index contributed by atoms with van der Waals surface area (Å²) in [6, 6.07) is 3.61. The third-order valence-corrected chi connectivity index (χ3v) is 3.64. The maximum Gasteiger partial charge on any atom is 0.309 e. The zero-order valence-electron chi connectivity index (χ0n) is 11.1. The summed E-state index contributed by atoms with van der Waals surface area (Å²) in [7, 11) is 0. The molecule has 2 N–H and O–H groups in total. The number of nitrogens with one attached hydrogen (secondary N) is 2. The number of amides is 2. The van der Waals surface area contributed by atoms with Gasteiger partial charge in [-0.3, -0.25) is 9.59 Å². The normalized spacial score (nSPS) is 22.8. The highest BCUT2D eigenvalue weighted by atomic mass is 16.3. The van der Waals surface area contributed by atoms with Crippen molar-refractivity contribution in [3.05, 3.63) is 24.2 Å². The van der Waals surface area contributed by atoms with Gasteiger partial charge in [0.25, 0.3) is 0 Å². The van der Waals surface area contributed by atoms with Crippen molar-refractivity contribution in [2.45, 2.75) is 45.2 Å². The molecule has 1 heterocycles. The topological polar surface area (TPSA) is 71.3 Å². The fourth-order valence-electron chi connectivity index (χ4n) is 2.43. The lowest BCUT2D eigenvalue weighted by atomic mass is 9.86. The molecule has 1 aliphatic carbocycles. The van der Waals surface area contributed by atoms with Crippen molar-refractivity contribution in [3.8, 4) is 0 Å². The van der Waals surface area contributed by atoms with Gasteiger partial charge in [-0.1, -0.05) is 19.8 Å². The van der Waals surface area contributed by atoms with E-state index in [1.165, 1.54) is 12.7 Å². The minimum atomic E-state index is -0.603. The van der Waals surface area contributed by atoms with Crippen molar-refractivity contribution in [2.75, 3.05) is 0 Å². The number of rotatable bonds is 3. The van der Waals surface area contributed by atoms with Crippen molar-refractivity contribution >= 4 is 11.8 Å². The van der Waals surface area contributed by atoms with Crippen molar-refractivity contribution in [3.63, 3.8) is 0 Å². The molecule has 2 atom stereocenters. The molecule has 19 heavy (non-hydrogen) atoms. The largest absolute Gasteiger partial charge is 0.467 e. The molecule has 0 saturated heterocycles. The van der Waals surface area contributed by atoms with Gasteiger partial charge in [-0.15, -0.1) is 0 Å². The molecule has 2 amide bonds. The highest BCUT2D eigenvalue weighted by molar-refractivity contribution is 6.35. The first kappa shape index (κ1) is 13.6. The van der Waals surface area contributed by atoms with E-state index in [2.05, 4.69) is 17.6 Å². The number of hydrogen-bond donors (Lipinski definition) is 2. The van der Waals surface area contributed by atoms with Crippen LogP contribution in [0.15, 0.2) is 22.8 Å². The van der Waals surface area contributed by atoms with Crippen LogP contribution < -0.4 is 10.6 Å². The maximum absolute atomic E-state index is 11.8. The number of furan rings is 1. The Balaban J connectivity index is 1.77. The van der Waals surface area contributed by atoms with Crippen LogP contribution in [0.1, 0.15) is 38.4 Å². The van der Waals surface area contributed by atoms with Crippen LogP contribution in [-0.4, -0.2) is 17.9 Å². The van der Waals surface area contributed by atoms with E-state index in [-0.39, 0.29) is 12.6 Å². The zero-order valence-corrected chi connectivity index (χ0v) is 11.1. The second kappa shape index (κ2) is 6.41. The lowest BCUT2D eigenvalue weighted by molar-refractivity contribution is -0.140. The molecular weight excluding hydrogens is 244 g/mol. The van der Waals surface area contributed by atoms with Gasteiger partial charge in [0.15, 0.2) is 0 Å². The van der Waals surface area contributed by atoms with Crippen molar-refractivity contribution in [1.29, 1.82) is 0 Å². The Morgan fingerprint density at radius 2 is 2.11 bits per heavy atom. The molecule has 0 bridgehead atoms. The molecule has 0 aliphatic heterocycles. The minimum Gasteiger partial charge on any atom is -0.467 e. The second-order valence-corrected chi connectivity index (χ2v) is 5.10. The van der Waals surface area contributed by atoms with Crippen molar-refractivity contribution < 1.29 is 14.0 Å². The quantitative estimate of drug-likeness (QED) is 0.814. The SMILES string of the molecule is C[C@H]1CCCC[C@@H]1NC(=O)C(=O)NCc1ccco1. The molecule has 0 aromatic carbocycles. The fraction of sp³-hybridized carbons (Fsp3) is 0.571. The van der Waals surface area contributed by atoms with E-state index >= 15 is 0 Å². The zero-order chi connectivity index (χ0) is 13.7. The smallest absolute Gasteiger partial charge is 0.309 e. The Bertz CT molecular complexity index is 428. The lowest BCUT2D eigenvalue weighted by Gasteiger charge is -2.29. The van der Waals surface area contributed by atoms with Gasteiger partial charge in [-0.25, -0.2) is 0 Å². The van der Waals surface area contributed by atoms with Gasteiger partial charge < -0.3 is 15.1 Å². The van der Waals surface area contributed by atoms with Crippen LogP contribution in [0.5, 0.6) is 0 Å². The molecule has 104 valence electrons. The Kier molecular flexibility index (Phi) is 4.60. The first-order chi connectivity index (χ1) is 9.16. The number of carbonyl (C=O) groups excluding carboxylic acids is 2. The highest BCUT2D eigenvalue weighted by Crippen LogP contribution is 2.23. The molecule has 1 aromatic heterocycles. The summed E-state index contributed by atoms with van der Waals surface area (Å²) >= 11 is 0. The van der Waals surface area contributed by atoms with E-state index in [1.54, 1.807) is 12.1 Å². The molecule has 2 rings (SSSR count). The van der Waals surface area contributed by atoms with Crippen LogP contribution in [0, 0.1) is 5.92 Å². The van der Waals surface area contributed by atoms with E-state index in [4.69, 9.17) is 4.42 Å². The minimum absolute atomic E-state index is 0.121. The number of hydrogen-bond acceptors (Lipinski definition) is 3. The third-order valence-electron chi connectivity index (χ3n) is 3.64. The summed E-state index contributed by atoms with van der Waals surface area (Å²) in [6.45, 7) is 2.35. The van der Waals surface area contributed by atoms with Crippen LogP contribution >= 0.6 is 0 Å². The van der Waals surface area contributed by atoms with E-state index in [9.17, 15) is 9.59 Å². The second-order valence-electron chi connectivity index (χ2n) is 5.10.